The Labute approximate surface area is 103 Å². The smallest absolute Gasteiger partial charge is 0.0498 e. The summed E-state index contributed by atoms with van der Waals surface area (Å²) in [6, 6.07) is 5.99. The van der Waals surface area contributed by atoms with Crippen LogP contribution in [0.3, 0.4) is 0 Å². The molecule has 0 saturated heterocycles. The zero-order valence-electron chi connectivity index (χ0n) is 6.78. The van der Waals surface area contributed by atoms with Gasteiger partial charge in [-0.25, -0.2) is 0 Å². The molecule has 0 fully saturated rings. The van der Waals surface area contributed by atoms with Crippen LogP contribution in [0.4, 0.5) is 5.69 Å². The molecule has 0 saturated carbocycles. The van der Waals surface area contributed by atoms with E-state index in [0.717, 1.165) is 25.7 Å². The van der Waals surface area contributed by atoms with E-state index in [4.69, 9.17) is 0 Å². The van der Waals surface area contributed by atoms with Crippen molar-refractivity contribution in [2.45, 2.75) is 0 Å². The molecule has 1 aromatic carbocycles. The van der Waals surface area contributed by atoms with Gasteiger partial charge in [-0.15, -0.1) is 0 Å². The zero-order valence-corrected chi connectivity index (χ0v) is 11.5. The molecule has 0 atom stereocenters. The van der Waals surface area contributed by atoms with Gasteiger partial charge in [0.25, 0.3) is 0 Å². The summed E-state index contributed by atoms with van der Waals surface area (Å²) in [5, 5.41) is 3.23. The fraction of sp³-hybridized carbons (Fsp3) is 0.111. The highest BCUT2D eigenvalue weighted by Crippen LogP contribution is 2.26. The summed E-state index contributed by atoms with van der Waals surface area (Å²) in [6.45, 7) is 4.47. The number of rotatable bonds is 3. The lowest BCUT2D eigenvalue weighted by Crippen LogP contribution is -2.00. The summed E-state index contributed by atoms with van der Waals surface area (Å²) in [4.78, 5) is 0. The second-order valence-electron chi connectivity index (χ2n) is 2.49. The van der Waals surface area contributed by atoms with Crippen molar-refractivity contribution >= 4 is 53.5 Å². The molecule has 70 valence electrons. The molecule has 0 aromatic heterocycles. The van der Waals surface area contributed by atoms with E-state index in [9.17, 15) is 0 Å². The number of anilines is 1. The van der Waals surface area contributed by atoms with Gasteiger partial charge in [-0.3, -0.25) is 0 Å². The molecule has 0 aliphatic heterocycles. The van der Waals surface area contributed by atoms with Crippen LogP contribution in [0, 0.1) is 0 Å². The van der Waals surface area contributed by atoms with Crippen LogP contribution in [0.25, 0.3) is 0 Å². The lowest BCUT2D eigenvalue weighted by Gasteiger charge is -2.07. The van der Waals surface area contributed by atoms with Crippen LogP contribution in [-0.4, -0.2) is 6.54 Å². The fourth-order valence-corrected chi connectivity index (χ4v) is 1.71. The van der Waals surface area contributed by atoms with E-state index in [2.05, 4.69) is 59.7 Å². The number of nitrogens with one attached hydrogen (secondary N) is 1. The lowest BCUT2D eigenvalue weighted by molar-refractivity contribution is 1.31. The summed E-state index contributed by atoms with van der Waals surface area (Å²) in [7, 11) is 0. The summed E-state index contributed by atoms with van der Waals surface area (Å²) in [5.74, 6) is 0. The van der Waals surface area contributed by atoms with E-state index in [1.54, 1.807) is 0 Å². The molecule has 13 heavy (non-hydrogen) atoms. The first-order valence-corrected chi connectivity index (χ1v) is 5.99. The van der Waals surface area contributed by atoms with Gasteiger partial charge in [0.05, 0.1) is 0 Å². The maximum atomic E-state index is 3.75. The van der Waals surface area contributed by atoms with Gasteiger partial charge in [0, 0.05) is 25.7 Å². The fourth-order valence-electron chi connectivity index (χ4n) is 0.824. The maximum absolute atomic E-state index is 3.75. The molecule has 1 N–H and O–H groups in total. The number of halogens is 3. The van der Waals surface area contributed by atoms with Gasteiger partial charge in [-0.2, -0.15) is 0 Å². The molecule has 4 heteroatoms. The number of hydrogen-bond donors (Lipinski definition) is 1. The van der Waals surface area contributed by atoms with Crippen molar-refractivity contribution in [3.8, 4) is 0 Å². The van der Waals surface area contributed by atoms with Crippen LogP contribution in [0.2, 0.25) is 0 Å². The molecule has 1 nitrogen and oxygen atoms in total. The van der Waals surface area contributed by atoms with E-state index in [1.807, 2.05) is 18.2 Å². The summed E-state index contributed by atoms with van der Waals surface area (Å²) in [5.41, 5.74) is 1.05. The van der Waals surface area contributed by atoms with Crippen LogP contribution < -0.4 is 5.32 Å². The lowest BCUT2D eigenvalue weighted by atomic mass is 10.3. The molecule has 0 aliphatic carbocycles. The Bertz CT molecular complexity index is 323. The van der Waals surface area contributed by atoms with E-state index in [1.165, 1.54) is 0 Å². The molecule has 0 unspecified atom stereocenters. The predicted molar refractivity (Wildman–Crippen MR) is 68.4 cm³/mol. The van der Waals surface area contributed by atoms with E-state index >= 15 is 0 Å². The Morgan fingerprint density at radius 3 is 2.69 bits per heavy atom. The largest absolute Gasteiger partial charge is 0.380 e. The molecular weight excluding hydrogens is 362 g/mol. The molecule has 0 aliphatic rings. The van der Waals surface area contributed by atoms with Gasteiger partial charge < -0.3 is 5.32 Å². The normalized spacial score (nSPS) is 9.77. The second kappa shape index (κ2) is 5.17. The van der Waals surface area contributed by atoms with Gasteiger partial charge in [-0.05, 0) is 34.1 Å². The van der Waals surface area contributed by atoms with E-state index < -0.39 is 0 Å². The molecule has 0 bridgehead atoms. The predicted octanol–water partition coefficient (Wildman–Crippen LogP) is 4.53. The molecule has 1 rings (SSSR count). The molecular formula is C9H8Br3N. The summed E-state index contributed by atoms with van der Waals surface area (Å²) >= 11 is 10.2. The Morgan fingerprint density at radius 2 is 2.08 bits per heavy atom. The van der Waals surface area contributed by atoms with Crippen molar-refractivity contribution in [2.75, 3.05) is 11.9 Å². The van der Waals surface area contributed by atoms with Gasteiger partial charge in [0.15, 0.2) is 0 Å². The highest BCUT2D eigenvalue weighted by Gasteiger charge is 1.99. The van der Waals surface area contributed by atoms with Gasteiger partial charge in [0.2, 0.25) is 0 Å². The molecule has 1 aromatic rings. The van der Waals surface area contributed by atoms with Crippen molar-refractivity contribution < 1.29 is 0 Å². The maximum Gasteiger partial charge on any atom is 0.0498 e. The van der Waals surface area contributed by atoms with Crippen LogP contribution in [-0.2, 0) is 0 Å². The Morgan fingerprint density at radius 1 is 1.38 bits per heavy atom. The SMILES string of the molecule is C=C(Br)CNc1cc(Br)ccc1Br. The van der Waals surface area contributed by atoms with Crippen LogP contribution in [0.5, 0.6) is 0 Å². The first kappa shape index (κ1) is 11.3. The average Bonchev–Trinajstić information content (AvgIpc) is 2.06. The van der Waals surface area contributed by atoms with Crippen LogP contribution >= 0.6 is 47.8 Å². The number of benzene rings is 1. The summed E-state index contributed by atoms with van der Waals surface area (Å²) in [6.07, 6.45) is 0. The minimum Gasteiger partial charge on any atom is -0.380 e. The van der Waals surface area contributed by atoms with Gasteiger partial charge in [-0.1, -0.05) is 38.4 Å². The van der Waals surface area contributed by atoms with Crippen molar-refractivity contribution in [3.05, 3.63) is 38.2 Å². The highest BCUT2D eigenvalue weighted by atomic mass is 79.9. The summed E-state index contributed by atoms with van der Waals surface area (Å²) < 4.78 is 3.03. The first-order chi connectivity index (χ1) is 6.09. The number of hydrogen-bond acceptors (Lipinski definition) is 1. The molecule has 0 spiro atoms. The third-order valence-electron chi connectivity index (χ3n) is 1.40. The van der Waals surface area contributed by atoms with Crippen molar-refractivity contribution in [1.29, 1.82) is 0 Å². The third-order valence-corrected chi connectivity index (χ3v) is 2.86. The minimum absolute atomic E-state index is 0.717. The van der Waals surface area contributed by atoms with Gasteiger partial charge >= 0.3 is 0 Å². The molecule has 0 radical (unpaired) electrons. The highest BCUT2D eigenvalue weighted by molar-refractivity contribution is 9.11. The Kier molecular flexibility index (Phi) is 4.49. The third kappa shape index (κ3) is 3.83. The van der Waals surface area contributed by atoms with Crippen LogP contribution in [0.15, 0.2) is 38.2 Å². The van der Waals surface area contributed by atoms with Gasteiger partial charge in [0.1, 0.15) is 0 Å². The van der Waals surface area contributed by atoms with Crippen molar-refractivity contribution in [1.82, 2.24) is 0 Å². The average molecular weight is 370 g/mol. The minimum atomic E-state index is 0.717. The standard InChI is InChI=1S/C9H8Br3N/c1-6(10)5-13-9-4-7(11)2-3-8(9)12/h2-4,13H,1,5H2. The zero-order chi connectivity index (χ0) is 9.84. The second-order valence-corrected chi connectivity index (χ2v) is 5.39. The molecule has 0 heterocycles. The van der Waals surface area contributed by atoms with E-state index in [-0.39, 0.29) is 0 Å². The molecule has 0 amide bonds. The van der Waals surface area contributed by atoms with Crippen LogP contribution in [0.1, 0.15) is 0 Å². The topological polar surface area (TPSA) is 12.0 Å². The monoisotopic (exact) mass is 367 g/mol. The van der Waals surface area contributed by atoms with Crippen molar-refractivity contribution in [3.63, 3.8) is 0 Å². The first-order valence-electron chi connectivity index (χ1n) is 3.62. The Balaban J connectivity index is 2.75. The van der Waals surface area contributed by atoms with E-state index in [0.29, 0.717) is 0 Å². The quantitative estimate of drug-likeness (QED) is 0.825. The Hall–Kier alpha value is 0.200. The van der Waals surface area contributed by atoms with Crippen molar-refractivity contribution in [2.24, 2.45) is 0 Å².